The molecule has 0 amide bonds. The number of rotatable bonds is 0. The van der Waals surface area contributed by atoms with E-state index < -0.39 is 0 Å². The van der Waals surface area contributed by atoms with E-state index in [2.05, 4.69) is 0 Å². The maximum Gasteiger partial charge on any atom is 0.0851 e. The van der Waals surface area contributed by atoms with Crippen LogP contribution in [-0.4, -0.2) is 24.4 Å². The standard InChI is InChI=1S/C7H12O2/c8-6-4-9-5-7(6)2-1-3-7/h6,8H,1-5H2. The van der Waals surface area contributed by atoms with Crippen LogP contribution in [0.1, 0.15) is 19.3 Å². The zero-order valence-corrected chi connectivity index (χ0v) is 5.47. The third-order valence-corrected chi connectivity index (χ3v) is 2.72. The van der Waals surface area contributed by atoms with Gasteiger partial charge < -0.3 is 9.84 Å². The second-order valence-corrected chi connectivity index (χ2v) is 3.25. The summed E-state index contributed by atoms with van der Waals surface area (Å²) in [5.41, 5.74) is 0.208. The van der Waals surface area contributed by atoms with Crippen molar-refractivity contribution in [3.63, 3.8) is 0 Å². The molecule has 9 heavy (non-hydrogen) atoms. The van der Waals surface area contributed by atoms with Gasteiger partial charge in [-0.15, -0.1) is 0 Å². The van der Waals surface area contributed by atoms with Gasteiger partial charge >= 0.3 is 0 Å². The van der Waals surface area contributed by atoms with E-state index in [1.807, 2.05) is 0 Å². The van der Waals surface area contributed by atoms with Crippen molar-refractivity contribution >= 4 is 0 Å². The largest absolute Gasteiger partial charge is 0.390 e. The van der Waals surface area contributed by atoms with Gasteiger partial charge in [0.2, 0.25) is 0 Å². The maximum absolute atomic E-state index is 9.37. The second-order valence-electron chi connectivity index (χ2n) is 3.25. The Balaban J connectivity index is 2.09. The molecule has 1 aliphatic heterocycles. The third kappa shape index (κ3) is 0.634. The molecule has 1 atom stereocenters. The van der Waals surface area contributed by atoms with Crippen molar-refractivity contribution in [1.82, 2.24) is 0 Å². The SMILES string of the molecule is OC1COCC12CCC2. The van der Waals surface area contributed by atoms with E-state index in [1.165, 1.54) is 19.3 Å². The monoisotopic (exact) mass is 128 g/mol. The average Bonchev–Trinajstić information content (AvgIpc) is 2.07. The highest BCUT2D eigenvalue weighted by Crippen LogP contribution is 2.47. The second kappa shape index (κ2) is 1.70. The zero-order valence-electron chi connectivity index (χ0n) is 5.47. The van der Waals surface area contributed by atoms with Crippen LogP contribution in [0.3, 0.4) is 0 Å². The molecule has 0 radical (unpaired) electrons. The van der Waals surface area contributed by atoms with Crippen LogP contribution >= 0.6 is 0 Å². The van der Waals surface area contributed by atoms with Crippen molar-refractivity contribution in [2.75, 3.05) is 13.2 Å². The van der Waals surface area contributed by atoms with Crippen LogP contribution < -0.4 is 0 Å². The van der Waals surface area contributed by atoms with Gasteiger partial charge in [-0.2, -0.15) is 0 Å². The number of aliphatic hydroxyl groups is 1. The van der Waals surface area contributed by atoms with Crippen molar-refractivity contribution in [3.05, 3.63) is 0 Å². The Labute approximate surface area is 54.8 Å². The van der Waals surface area contributed by atoms with Gasteiger partial charge in [-0.25, -0.2) is 0 Å². The summed E-state index contributed by atoms with van der Waals surface area (Å²) in [7, 11) is 0. The molecule has 2 fully saturated rings. The van der Waals surface area contributed by atoms with Crippen LogP contribution in [0.25, 0.3) is 0 Å². The molecule has 0 bridgehead atoms. The minimum absolute atomic E-state index is 0.161. The van der Waals surface area contributed by atoms with E-state index in [4.69, 9.17) is 4.74 Å². The van der Waals surface area contributed by atoms with Crippen molar-refractivity contribution in [2.24, 2.45) is 5.41 Å². The number of hydrogen-bond donors (Lipinski definition) is 1. The molecule has 1 spiro atoms. The molecule has 52 valence electrons. The minimum Gasteiger partial charge on any atom is -0.390 e. The molecule has 1 saturated heterocycles. The molecule has 1 heterocycles. The molecule has 1 saturated carbocycles. The molecule has 2 aliphatic rings. The lowest BCUT2D eigenvalue weighted by Gasteiger charge is -2.39. The highest BCUT2D eigenvalue weighted by molar-refractivity contribution is 4.96. The first-order chi connectivity index (χ1) is 4.33. The van der Waals surface area contributed by atoms with Gasteiger partial charge in [0.1, 0.15) is 0 Å². The Morgan fingerprint density at radius 1 is 1.44 bits per heavy atom. The van der Waals surface area contributed by atoms with Crippen LogP contribution in [0.5, 0.6) is 0 Å². The van der Waals surface area contributed by atoms with Crippen molar-refractivity contribution in [3.8, 4) is 0 Å². The fourth-order valence-corrected chi connectivity index (χ4v) is 1.76. The quantitative estimate of drug-likeness (QED) is 0.516. The summed E-state index contributed by atoms with van der Waals surface area (Å²) >= 11 is 0. The first kappa shape index (κ1) is 5.69. The molecular weight excluding hydrogens is 116 g/mol. The summed E-state index contributed by atoms with van der Waals surface area (Å²) in [5.74, 6) is 0. The van der Waals surface area contributed by atoms with E-state index >= 15 is 0 Å². The predicted octanol–water partition coefficient (Wildman–Crippen LogP) is 0.548. The van der Waals surface area contributed by atoms with E-state index in [9.17, 15) is 5.11 Å². The van der Waals surface area contributed by atoms with Crippen molar-refractivity contribution in [2.45, 2.75) is 25.4 Å². The number of hydrogen-bond acceptors (Lipinski definition) is 2. The summed E-state index contributed by atoms with van der Waals surface area (Å²) in [4.78, 5) is 0. The smallest absolute Gasteiger partial charge is 0.0851 e. The van der Waals surface area contributed by atoms with E-state index in [0.29, 0.717) is 6.61 Å². The molecular formula is C7H12O2. The van der Waals surface area contributed by atoms with E-state index in [-0.39, 0.29) is 11.5 Å². The molecule has 0 aromatic rings. The van der Waals surface area contributed by atoms with Gasteiger partial charge in [0.25, 0.3) is 0 Å². The van der Waals surface area contributed by atoms with Crippen molar-refractivity contribution in [1.29, 1.82) is 0 Å². The van der Waals surface area contributed by atoms with Gasteiger partial charge in [0.05, 0.1) is 19.3 Å². The molecule has 2 nitrogen and oxygen atoms in total. The van der Waals surface area contributed by atoms with Crippen LogP contribution in [0, 0.1) is 5.41 Å². The van der Waals surface area contributed by atoms with Crippen molar-refractivity contribution < 1.29 is 9.84 Å². The Morgan fingerprint density at radius 3 is 2.44 bits per heavy atom. The predicted molar refractivity (Wildman–Crippen MR) is 33.1 cm³/mol. The summed E-state index contributed by atoms with van der Waals surface area (Å²) in [6.07, 6.45) is 3.47. The number of aliphatic hydroxyl groups excluding tert-OH is 1. The molecule has 1 N–H and O–H groups in total. The number of ether oxygens (including phenoxy) is 1. The fourth-order valence-electron chi connectivity index (χ4n) is 1.76. The van der Waals surface area contributed by atoms with Gasteiger partial charge in [-0.3, -0.25) is 0 Å². The summed E-state index contributed by atoms with van der Waals surface area (Å²) in [5, 5.41) is 9.37. The highest BCUT2D eigenvalue weighted by atomic mass is 16.5. The normalized spacial score (nSPS) is 39.0. The van der Waals surface area contributed by atoms with Gasteiger partial charge in [-0.1, -0.05) is 6.42 Å². The topological polar surface area (TPSA) is 29.5 Å². The Bertz CT molecular complexity index is 118. The lowest BCUT2D eigenvalue weighted by Crippen LogP contribution is -2.40. The van der Waals surface area contributed by atoms with Crippen LogP contribution in [0.15, 0.2) is 0 Å². The molecule has 0 aromatic carbocycles. The van der Waals surface area contributed by atoms with Crippen LogP contribution in [0.4, 0.5) is 0 Å². The van der Waals surface area contributed by atoms with Crippen LogP contribution in [0.2, 0.25) is 0 Å². The summed E-state index contributed by atoms with van der Waals surface area (Å²) < 4.78 is 5.16. The summed E-state index contributed by atoms with van der Waals surface area (Å²) in [6, 6.07) is 0. The fraction of sp³-hybridized carbons (Fsp3) is 1.00. The van der Waals surface area contributed by atoms with E-state index in [0.717, 1.165) is 6.61 Å². The maximum atomic E-state index is 9.37. The summed E-state index contributed by atoms with van der Waals surface area (Å²) in [6.45, 7) is 1.37. The Kier molecular flexibility index (Phi) is 1.08. The Morgan fingerprint density at radius 2 is 2.22 bits per heavy atom. The molecule has 0 aromatic heterocycles. The first-order valence-electron chi connectivity index (χ1n) is 3.59. The lowest BCUT2D eigenvalue weighted by molar-refractivity contribution is 0.00632. The van der Waals surface area contributed by atoms with E-state index in [1.54, 1.807) is 0 Å². The van der Waals surface area contributed by atoms with Gasteiger partial charge in [-0.05, 0) is 12.8 Å². The third-order valence-electron chi connectivity index (χ3n) is 2.72. The molecule has 2 rings (SSSR count). The highest BCUT2D eigenvalue weighted by Gasteiger charge is 2.47. The minimum atomic E-state index is -0.161. The first-order valence-corrected chi connectivity index (χ1v) is 3.59. The lowest BCUT2D eigenvalue weighted by atomic mass is 9.67. The zero-order chi connectivity index (χ0) is 6.32. The molecule has 1 aliphatic carbocycles. The van der Waals surface area contributed by atoms with Gasteiger partial charge in [0.15, 0.2) is 0 Å². The Hall–Kier alpha value is -0.0800. The van der Waals surface area contributed by atoms with Crippen LogP contribution in [-0.2, 0) is 4.74 Å². The average molecular weight is 128 g/mol. The molecule has 2 heteroatoms. The molecule has 1 unspecified atom stereocenters. The van der Waals surface area contributed by atoms with Gasteiger partial charge in [0, 0.05) is 5.41 Å².